The molecule has 0 saturated heterocycles. The van der Waals surface area contributed by atoms with E-state index in [4.69, 9.17) is 0 Å². The third-order valence-corrected chi connectivity index (χ3v) is 17.1. The first-order chi connectivity index (χ1) is 37.7. The van der Waals surface area contributed by atoms with E-state index in [-0.39, 0.29) is 0 Å². The summed E-state index contributed by atoms with van der Waals surface area (Å²) >= 11 is 0. The molecule has 3 nitrogen and oxygen atoms in total. The molecule has 0 amide bonds. The maximum absolute atomic E-state index is 2.55. The van der Waals surface area contributed by atoms with Crippen LogP contribution in [-0.4, -0.2) is 9.13 Å². The van der Waals surface area contributed by atoms with Crippen LogP contribution in [-0.2, 0) is 5.41 Å². The van der Waals surface area contributed by atoms with Gasteiger partial charge in [-0.05, 0) is 138 Å². The molecule has 0 unspecified atom stereocenters. The van der Waals surface area contributed by atoms with E-state index in [0.29, 0.717) is 0 Å². The van der Waals surface area contributed by atoms with Crippen LogP contribution in [0.2, 0.25) is 0 Å². The molecule has 2 aromatic heterocycles. The van der Waals surface area contributed by atoms with Crippen molar-refractivity contribution in [3.05, 3.63) is 295 Å². The molecular weight excluding hydrogens is 919 g/mol. The largest absolute Gasteiger partial charge is 0.310 e. The highest BCUT2D eigenvalue weighted by atomic mass is 15.2. The van der Waals surface area contributed by atoms with E-state index in [1.165, 1.54) is 132 Å². The lowest BCUT2D eigenvalue weighted by atomic mass is 9.64. The van der Waals surface area contributed by atoms with Gasteiger partial charge in [0.05, 0.1) is 38.9 Å². The highest BCUT2D eigenvalue weighted by Crippen LogP contribution is 2.63. The summed E-state index contributed by atoms with van der Waals surface area (Å²) in [4.78, 5) is 2.46. The van der Waals surface area contributed by atoms with Gasteiger partial charge in [-0.15, -0.1) is 0 Å². The molecule has 2 aliphatic rings. The number of fused-ring (bicyclic) bond motifs is 21. The summed E-state index contributed by atoms with van der Waals surface area (Å²) < 4.78 is 5.04. The molecule has 0 fully saturated rings. The van der Waals surface area contributed by atoms with Crippen molar-refractivity contribution in [1.29, 1.82) is 0 Å². The lowest BCUT2D eigenvalue weighted by Crippen LogP contribution is -2.36. The van der Waals surface area contributed by atoms with Gasteiger partial charge in [0.15, 0.2) is 0 Å². The predicted octanol–water partition coefficient (Wildman–Crippen LogP) is 19.2. The highest BCUT2D eigenvalue weighted by Gasteiger charge is 2.51. The molecule has 15 aromatic rings. The second-order valence-electron chi connectivity index (χ2n) is 20.7. The molecule has 17 rings (SSSR count). The van der Waals surface area contributed by atoms with E-state index < -0.39 is 5.41 Å². The number of aromatic nitrogens is 2. The normalized spacial score (nSPS) is 13.3. The Bertz CT molecular complexity index is 4870. The summed E-state index contributed by atoms with van der Waals surface area (Å²) in [6, 6.07) is 102. The summed E-state index contributed by atoms with van der Waals surface area (Å²) in [7, 11) is 0. The highest BCUT2D eigenvalue weighted by molar-refractivity contribution is 6.26. The lowest BCUT2D eigenvalue weighted by Gasteiger charge is -2.45. The topological polar surface area (TPSA) is 13.1 Å². The lowest BCUT2D eigenvalue weighted by molar-refractivity contribution is 0.752. The van der Waals surface area contributed by atoms with E-state index in [2.05, 4.69) is 287 Å². The SMILES string of the molecule is c1ccc(N2c3ccccc3C3(c4ccccc4-c4ccc(-n5c6ccccc6c6cccc(-c7ccc8c9ccccc9n(-c9ccc%10c%11ccccc%11c%11ccccc%11c%10c9)c8c7)c65)cc43)c3ccccc32)cc1. The van der Waals surface area contributed by atoms with Gasteiger partial charge in [-0.3, -0.25) is 0 Å². The molecule has 1 spiro atoms. The number of para-hydroxylation sites is 6. The minimum atomic E-state index is -0.581. The molecular formula is C73H45N3. The molecule has 0 atom stereocenters. The van der Waals surface area contributed by atoms with Crippen LogP contribution in [0.4, 0.5) is 17.1 Å². The number of hydrogen-bond donors (Lipinski definition) is 0. The van der Waals surface area contributed by atoms with Crippen LogP contribution in [0.15, 0.2) is 273 Å². The third-order valence-electron chi connectivity index (χ3n) is 17.1. The molecule has 0 saturated carbocycles. The Morgan fingerprint density at radius 2 is 0.711 bits per heavy atom. The van der Waals surface area contributed by atoms with E-state index in [1.807, 2.05) is 0 Å². The van der Waals surface area contributed by atoms with Crippen LogP contribution in [0.1, 0.15) is 22.3 Å². The molecule has 0 bridgehead atoms. The predicted molar refractivity (Wildman–Crippen MR) is 319 cm³/mol. The second-order valence-corrected chi connectivity index (χ2v) is 20.7. The smallest absolute Gasteiger partial charge is 0.0755 e. The van der Waals surface area contributed by atoms with Crippen LogP contribution < -0.4 is 4.90 Å². The minimum absolute atomic E-state index is 0.581. The number of rotatable bonds is 4. The summed E-state index contributed by atoms with van der Waals surface area (Å²) in [5.41, 5.74) is 20.1. The van der Waals surface area contributed by atoms with Gasteiger partial charge < -0.3 is 14.0 Å². The Morgan fingerprint density at radius 3 is 1.42 bits per heavy atom. The average molecular weight is 964 g/mol. The zero-order chi connectivity index (χ0) is 49.6. The number of benzene rings is 13. The van der Waals surface area contributed by atoms with Gasteiger partial charge in [-0.25, -0.2) is 0 Å². The van der Waals surface area contributed by atoms with Gasteiger partial charge in [-0.1, -0.05) is 206 Å². The van der Waals surface area contributed by atoms with E-state index in [9.17, 15) is 0 Å². The van der Waals surface area contributed by atoms with Crippen molar-refractivity contribution < 1.29 is 0 Å². The van der Waals surface area contributed by atoms with Crippen molar-refractivity contribution in [1.82, 2.24) is 9.13 Å². The van der Waals surface area contributed by atoms with E-state index >= 15 is 0 Å². The maximum atomic E-state index is 2.55. The standard InChI is InChI=1S/C73H45N3/c1-2-19-47(20-3-1)74-69-35-16-12-31-64(69)73(65-32-13-17-36-70(65)74)63-30-11-8-25-56(63)57-42-39-49(45-66(57)73)76-68-34-15-10-27-59(68)61-29-18-28-50(72(61)76)46-37-40-60-58-26-9-14-33-67(58)75(71(60)43-46)48-38-41-55-53-23-5-4-21-51(53)52-22-6-7-24-54(52)62(55)44-48/h1-45H. The monoisotopic (exact) mass is 963 g/mol. The van der Waals surface area contributed by atoms with Gasteiger partial charge in [0.2, 0.25) is 0 Å². The zero-order valence-corrected chi connectivity index (χ0v) is 41.3. The fourth-order valence-corrected chi connectivity index (χ4v) is 14.1. The van der Waals surface area contributed by atoms with Crippen LogP contribution in [0.5, 0.6) is 0 Å². The molecule has 3 heterocycles. The Labute approximate surface area is 439 Å². The summed E-state index contributed by atoms with van der Waals surface area (Å²) in [6.07, 6.45) is 0. The molecule has 0 N–H and O–H groups in total. The van der Waals surface area contributed by atoms with Crippen molar-refractivity contribution in [3.8, 4) is 33.6 Å². The van der Waals surface area contributed by atoms with Gasteiger partial charge in [0.25, 0.3) is 0 Å². The number of hydrogen-bond acceptors (Lipinski definition) is 1. The first-order valence-electron chi connectivity index (χ1n) is 26.4. The minimum Gasteiger partial charge on any atom is -0.310 e. The van der Waals surface area contributed by atoms with Crippen molar-refractivity contribution in [2.24, 2.45) is 0 Å². The summed E-state index contributed by atoms with van der Waals surface area (Å²) in [5.74, 6) is 0. The Kier molecular flexibility index (Phi) is 8.48. The number of nitrogens with zero attached hydrogens (tertiary/aromatic N) is 3. The molecule has 3 heteroatoms. The molecule has 13 aromatic carbocycles. The third kappa shape index (κ3) is 5.45. The van der Waals surface area contributed by atoms with Crippen LogP contribution >= 0.6 is 0 Å². The van der Waals surface area contributed by atoms with Crippen LogP contribution in [0, 0.1) is 0 Å². The van der Waals surface area contributed by atoms with Crippen LogP contribution in [0.3, 0.4) is 0 Å². The van der Waals surface area contributed by atoms with Crippen molar-refractivity contribution in [2.45, 2.75) is 5.41 Å². The van der Waals surface area contributed by atoms with E-state index in [0.717, 1.165) is 17.1 Å². The molecule has 1 aliphatic heterocycles. The fraction of sp³-hybridized carbons (Fsp3) is 0.0137. The van der Waals surface area contributed by atoms with Gasteiger partial charge in [0, 0.05) is 44.2 Å². The molecule has 0 radical (unpaired) electrons. The van der Waals surface area contributed by atoms with Crippen molar-refractivity contribution >= 4 is 93.0 Å². The number of anilines is 3. The average Bonchev–Trinajstić information content (AvgIpc) is 4.25. The molecule has 1 aliphatic carbocycles. The fourth-order valence-electron chi connectivity index (χ4n) is 14.1. The quantitative estimate of drug-likeness (QED) is 0.160. The summed E-state index contributed by atoms with van der Waals surface area (Å²) in [5, 5.41) is 12.6. The van der Waals surface area contributed by atoms with Gasteiger partial charge in [-0.2, -0.15) is 0 Å². The first kappa shape index (κ1) is 41.5. The Hall–Kier alpha value is -9.96. The van der Waals surface area contributed by atoms with Gasteiger partial charge >= 0.3 is 0 Å². The van der Waals surface area contributed by atoms with E-state index in [1.54, 1.807) is 0 Å². The van der Waals surface area contributed by atoms with Crippen molar-refractivity contribution in [3.63, 3.8) is 0 Å². The first-order valence-corrected chi connectivity index (χ1v) is 26.4. The second kappa shape index (κ2) is 15.5. The summed E-state index contributed by atoms with van der Waals surface area (Å²) in [6.45, 7) is 0. The van der Waals surface area contributed by atoms with Crippen molar-refractivity contribution in [2.75, 3.05) is 4.90 Å². The van der Waals surface area contributed by atoms with Gasteiger partial charge in [0.1, 0.15) is 0 Å². The van der Waals surface area contributed by atoms with Crippen LogP contribution in [0.25, 0.3) is 110 Å². The Morgan fingerprint density at radius 1 is 0.237 bits per heavy atom. The maximum Gasteiger partial charge on any atom is 0.0755 e. The zero-order valence-electron chi connectivity index (χ0n) is 41.3. The Balaban J connectivity index is 0.910. The molecule has 76 heavy (non-hydrogen) atoms. The molecule has 352 valence electrons.